The van der Waals surface area contributed by atoms with Gasteiger partial charge in [0.2, 0.25) is 0 Å². The third-order valence-corrected chi connectivity index (χ3v) is 3.68. The summed E-state index contributed by atoms with van der Waals surface area (Å²) >= 11 is 5.69. The van der Waals surface area contributed by atoms with Gasteiger partial charge in [-0.05, 0) is 39.0 Å². The molecule has 0 aliphatic carbocycles. The van der Waals surface area contributed by atoms with E-state index in [-0.39, 0.29) is 17.1 Å². The summed E-state index contributed by atoms with van der Waals surface area (Å²) < 4.78 is 18.4. The van der Waals surface area contributed by atoms with Gasteiger partial charge in [0.15, 0.2) is 0 Å². The van der Waals surface area contributed by atoms with E-state index >= 15 is 0 Å². The number of nitrogens with zero attached hydrogens (tertiary/aromatic N) is 2. The van der Waals surface area contributed by atoms with Gasteiger partial charge in [-0.3, -0.25) is 0 Å². The Morgan fingerprint density at radius 1 is 1.17 bits per heavy atom. The van der Waals surface area contributed by atoms with E-state index in [9.17, 15) is 14.0 Å². The summed E-state index contributed by atoms with van der Waals surface area (Å²) in [6.07, 6.45) is -0.382. The van der Waals surface area contributed by atoms with Crippen LogP contribution >= 0.6 is 11.6 Å². The molecule has 0 aromatic heterocycles. The second kappa shape index (κ2) is 7.25. The molecule has 0 bridgehead atoms. The van der Waals surface area contributed by atoms with Crippen LogP contribution in [0.4, 0.5) is 19.7 Å². The minimum Gasteiger partial charge on any atom is -0.444 e. The Bertz CT molecular complexity index is 625. The normalized spacial score (nSPS) is 15.2. The highest BCUT2D eigenvalue weighted by atomic mass is 35.5. The number of hydrogen-bond donors (Lipinski definition) is 1. The second-order valence-corrected chi connectivity index (χ2v) is 6.92. The van der Waals surface area contributed by atoms with Crippen molar-refractivity contribution < 1.29 is 18.7 Å². The van der Waals surface area contributed by atoms with Gasteiger partial charge < -0.3 is 19.9 Å². The fourth-order valence-corrected chi connectivity index (χ4v) is 2.38. The molecule has 0 radical (unpaired) electrons. The van der Waals surface area contributed by atoms with E-state index in [1.165, 1.54) is 18.2 Å². The third-order valence-electron chi connectivity index (χ3n) is 3.39. The smallest absolute Gasteiger partial charge is 0.410 e. The Morgan fingerprint density at radius 2 is 1.75 bits per heavy atom. The second-order valence-electron chi connectivity index (χ2n) is 6.51. The Hall–Kier alpha value is -2.02. The van der Waals surface area contributed by atoms with E-state index in [2.05, 4.69) is 5.32 Å². The first-order valence-electron chi connectivity index (χ1n) is 7.64. The van der Waals surface area contributed by atoms with E-state index < -0.39 is 11.4 Å². The molecule has 1 saturated heterocycles. The van der Waals surface area contributed by atoms with Crippen LogP contribution in [0.2, 0.25) is 5.02 Å². The van der Waals surface area contributed by atoms with E-state index in [1.54, 1.807) is 9.80 Å². The van der Waals surface area contributed by atoms with Crippen LogP contribution in [0.3, 0.4) is 0 Å². The molecule has 2 rings (SSSR count). The highest BCUT2D eigenvalue weighted by Crippen LogP contribution is 2.20. The van der Waals surface area contributed by atoms with Crippen molar-refractivity contribution in [3.8, 4) is 0 Å². The molecule has 3 amide bonds. The first-order valence-corrected chi connectivity index (χ1v) is 8.02. The average molecular weight is 358 g/mol. The van der Waals surface area contributed by atoms with E-state index in [4.69, 9.17) is 16.3 Å². The first kappa shape index (κ1) is 18.3. The van der Waals surface area contributed by atoms with Crippen molar-refractivity contribution >= 4 is 29.4 Å². The number of halogens is 2. The van der Waals surface area contributed by atoms with Crippen molar-refractivity contribution in [1.29, 1.82) is 0 Å². The molecule has 1 heterocycles. The highest BCUT2D eigenvalue weighted by Gasteiger charge is 2.27. The molecule has 132 valence electrons. The molecule has 0 spiro atoms. The maximum Gasteiger partial charge on any atom is 0.410 e. The molecule has 1 N–H and O–H groups in total. The van der Waals surface area contributed by atoms with Crippen LogP contribution in [0, 0.1) is 5.82 Å². The number of urea groups is 1. The van der Waals surface area contributed by atoms with Gasteiger partial charge in [-0.15, -0.1) is 0 Å². The Morgan fingerprint density at radius 3 is 2.29 bits per heavy atom. The number of ether oxygens (including phenoxy) is 1. The minimum absolute atomic E-state index is 0.0532. The largest absolute Gasteiger partial charge is 0.444 e. The van der Waals surface area contributed by atoms with Gasteiger partial charge in [-0.2, -0.15) is 0 Å². The monoisotopic (exact) mass is 357 g/mol. The summed E-state index contributed by atoms with van der Waals surface area (Å²) in [7, 11) is 0. The van der Waals surface area contributed by atoms with Gasteiger partial charge in [0.1, 0.15) is 11.4 Å². The van der Waals surface area contributed by atoms with Gasteiger partial charge in [-0.1, -0.05) is 11.6 Å². The van der Waals surface area contributed by atoms with Crippen LogP contribution < -0.4 is 5.32 Å². The lowest BCUT2D eigenvalue weighted by Crippen LogP contribution is -2.52. The number of anilines is 1. The van der Waals surface area contributed by atoms with Gasteiger partial charge in [0.25, 0.3) is 0 Å². The van der Waals surface area contributed by atoms with E-state index in [1.807, 2.05) is 20.8 Å². The highest BCUT2D eigenvalue weighted by molar-refractivity contribution is 6.31. The number of benzene rings is 1. The molecule has 1 fully saturated rings. The topological polar surface area (TPSA) is 61.9 Å². The summed E-state index contributed by atoms with van der Waals surface area (Å²) in [5, 5.41) is 2.61. The van der Waals surface area contributed by atoms with E-state index in [0.717, 1.165) is 0 Å². The van der Waals surface area contributed by atoms with Crippen molar-refractivity contribution in [1.82, 2.24) is 9.80 Å². The van der Waals surface area contributed by atoms with Crippen molar-refractivity contribution in [2.24, 2.45) is 0 Å². The zero-order chi connectivity index (χ0) is 17.9. The maximum atomic E-state index is 13.1. The Kier molecular flexibility index (Phi) is 5.54. The Labute approximate surface area is 145 Å². The first-order chi connectivity index (χ1) is 11.2. The molecule has 24 heavy (non-hydrogen) atoms. The molecular weight excluding hydrogens is 337 g/mol. The van der Waals surface area contributed by atoms with Gasteiger partial charge in [0.05, 0.1) is 5.02 Å². The van der Waals surface area contributed by atoms with Crippen LogP contribution in [0.15, 0.2) is 18.2 Å². The number of amides is 3. The lowest BCUT2D eigenvalue weighted by Gasteiger charge is -2.35. The number of carbonyl (C=O) groups is 2. The molecule has 1 aliphatic heterocycles. The molecule has 1 aromatic rings. The third kappa shape index (κ3) is 4.99. The fraction of sp³-hybridized carbons (Fsp3) is 0.500. The number of rotatable bonds is 1. The van der Waals surface area contributed by atoms with Crippen LogP contribution in [0.5, 0.6) is 0 Å². The van der Waals surface area contributed by atoms with Gasteiger partial charge in [-0.25, -0.2) is 14.0 Å². The van der Waals surface area contributed by atoms with Gasteiger partial charge >= 0.3 is 12.1 Å². The summed E-state index contributed by atoms with van der Waals surface area (Å²) in [6, 6.07) is 3.67. The molecule has 1 aliphatic rings. The van der Waals surface area contributed by atoms with Crippen LogP contribution in [0.1, 0.15) is 20.8 Å². The lowest BCUT2D eigenvalue weighted by molar-refractivity contribution is 0.0174. The summed E-state index contributed by atoms with van der Waals surface area (Å²) in [4.78, 5) is 27.4. The van der Waals surface area contributed by atoms with Crippen molar-refractivity contribution in [3.63, 3.8) is 0 Å². The van der Waals surface area contributed by atoms with Crippen molar-refractivity contribution in [2.75, 3.05) is 31.5 Å². The minimum atomic E-state index is -0.548. The van der Waals surface area contributed by atoms with Crippen molar-refractivity contribution in [3.05, 3.63) is 29.0 Å². The predicted molar refractivity (Wildman–Crippen MR) is 89.8 cm³/mol. The number of carbonyl (C=O) groups excluding carboxylic acids is 2. The van der Waals surface area contributed by atoms with Crippen molar-refractivity contribution in [2.45, 2.75) is 26.4 Å². The summed E-state index contributed by atoms with van der Waals surface area (Å²) in [6.45, 7) is 6.99. The number of nitrogens with one attached hydrogen (secondary N) is 1. The molecular formula is C16H21ClFN3O3. The number of piperazine rings is 1. The quantitative estimate of drug-likeness (QED) is 0.835. The van der Waals surface area contributed by atoms with Crippen LogP contribution in [-0.4, -0.2) is 53.7 Å². The molecule has 0 unspecified atom stereocenters. The molecule has 0 saturated carbocycles. The van der Waals surface area contributed by atoms with Gasteiger partial charge in [0, 0.05) is 31.9 Å². The summed E-state index contributed by atoms with van der Waals surface area (Å²) in [5.41, 5.74) is -0.131. The molecule has 0 atom stereocenters. The lowest BCUT2D eigenvalue weighted by atomic mass is 10.2. The standard InChI is InChI=1S/C16H21ClFN3O3/c1-16(2,3)24-15(23)21-8-6-20(7-9-21)14(22)19-11-4-5-13(18)12(17)10-11/h4-5,10H,6-9H2,1-3H3,(H,19,22). The SMILES string of the molecule is CC(C)(C)OC(=O)N1CCN(C(=O)Nc2ccc(F)c(Cl)c2)CC1. The molecule has 6 nitrogen and oxygen atoms in total. The van der Waals surface area contributed by atoms with E-state index in [0.29, 0.717) is 31.9 Å². The zero-order valence-electron chi connectivity index (χ0n) is 13.9. The molecule has 1 aromatic carbocycles. The van der Waals surface area contributed by atoms with Crippen LogP contribution in [0.25, 0.3) is 0 Å². The maximum absolute atomic E-state index is 13.1. The summed E-state index contributed by atoms with van der Waals surface area (Å²) in [5.74, 6) is -0.541. The molecule has 8 heteroatoms. The predicted octanol–water partition coefficient (Wildman–Crippen LogP) is 3.56. The fourth-order valence-electron chi connectivity index (χ4n) is 2.20. The average Bonchev–Trinajstić information content (AvgIpc) is 2.49. The zero-order valence-corrected chi connectivity index (χ0v) is 14.7. The Balaban J connectivity index is 1.86. The number of hydrogen-bond acceptors (Lipinski definition) is 3. The van der Waals surface area contributed by atoms with Crippen LogP contribution in [-0.2, 0) is 4.74 Å².